The van der Waals surface area contributed by atoms with Gasteiger partial charge in [-0.2, -0.15) is 5.10 Å². The third kappa shape index (κ3) is 4.48. The highest BCUT2D eigenvalue weighted by Crippen LogP contribution is 2.25. The molecule has 0 unspecified atom stereocenters. The molecule has 3 heterocycles. The maximum absolute atomic E-state index is 12.6. The molecule has 8 heteroatoms. The van der Waals surface area contributed by atoms with Crippen LogP contribution < -0.4 is 0 Å². The van der Waals surface area contributed by atoms with Crippen LogP contribution in [0.25, 0.3) is 0 Å². The fraction of sp³-hybridized carbons (Fsp3) is 0.684. The third-order valence-corrected chi connectivity index (χ3v) is 5.69. The van der Waals surface area contributed by atoms with Crippen molar-refractivity contribution in [2.45, 2.75) is 57.9 Å². The molecule has 148 valence electrons. The molecule has 0 atom stereocenters. The summed E-state index contributed by atoms with van der Waals surface area (Å²) in [6.45, 7) is 3.82. The Balaban J connectivity index is 1.54. The van der Waals surface area contributed by atoms with Crippen LogP contribution in [0.15, 0.2) is 6.20 Å². The second-order valence-corrected chi connectivity index (χ2v) is 7.48. The van der Waals surface area contributed by atoms with Crippen molar-refractivity contribution in [2.75, 3.05) is 26.2 Å². The summed E-state index contributed by atoms with van der Waals surface area (Å²) < 4.78 is 1.77. The van der Waals surface area contributed by atoms with E-state index in [0.717, 1.165) is 38.5 Å². The maximum Gasteiger partial charge on any atom is 0.339 e. The van der Waals surface area contributed by atoms with Crippen molar-refractivity contribution < 1.29 is 19.5 Å². The Morgan fingerprint density at radius 3 is 2.52 bits per heavy atom. The highest BCUT2D eigenvalue weighted by atomic mass is 16.4. The molecule has 8 nitrogen and oxygen atoms in total. The lowest BCUT2D eigenvalue weighted by Gasteiger charge is -2.34. The lowest BCUT2D eigenvalue weighted by Crippen LogP contribution is -2.46. The van der Waals surface area contributed by atoms with Gasteiger partial charge in [-0.05, 0) is 32.6 Å². The minimum Gasteiger partial charge on any atom is -0.478 e. The standard InChI is InChI=1S/C19H28N4O4/c1-14-16(19(26)27)12-20-23(14)15-7-10-21(11-8-15)18(25)13-22-9-5-3-2-4-6-17(22)24/h12,15H,2-11,13H2,1H3,(H,26,27). The molecule has 3 rings (SSSR count). The summed E-state index contributed by atoms with van der Waals surface area (Å²) in [7, 11) is 0. The topological polar surface area (TPSA) is 95.7 Å². The molecule has 1 N–H and O–H groups in total. The van der Waals surface area contributed by atoms with Gasteiger partial charge in [-0.1, -0.05) is 12.8 Å². The fourth-order valence-corrected chi connectivity index (χ4v) is 4.01. The van der Waals surface area contributed by atoms with E-state index in [-0.39, 0.29) is 30.0 Å². The van der Waals surface area contributed by atoms with E-state index in [1.165, 1.54) is 6.20 Å². The average molecular weight is 376 g/mol. The summed E-state index contributed by atoms with van der Waals surface area (Å²) in [5.41, 5.74) is 0.877. The molecule has 0 aliphatic carbocycles. The van der Waals surface area contributed by atoms with E-state index in [2.05, 4.69) is 5.10 Å². The fourth-order valence-electron chi connectivity index (χ4n) is 4.01. The van der Waals surface area contributed by atoms with Crippen molar-refractivity contribution in [3.05, 3.63) is 17.5 Å². The molecule has 0 bridgehead atoms. The van der Waals surface area contributed by atoms with Crippen molar-refractivity contribution in [1.82, 2.24) is 19.6 Å². The molecule has 0 aromatic carbocycles. The van der Waals surface area contributed by atoms with Crippen molar-refractivity contribution in [1.29, 1.82) is 0 Å². The molecule has 1 aromatic heterocycles. The number of amides is 2. The lowest BCUT2D eigenvalue weighted by atomic mass is 10.0. The molecular formula is C19H28N4O4. The summed E-state index contributed by atoms with van der Waals surface area (Å²) >= 11 is 0. The average Bonchev–Trinajstić information content (AvgIpc) is 3.03. The van der Waals surface area contributed by atoms with E-state index in [1.54, 1.807) is 16.5 Å². The van der Waals surface area contributed by atoms with E-state index in [1.807, 2.05) is 4.90 Å². The largest absolute Gasteiger partial charge is 0.478 e. The van der Waals surface area contributed by atoms with Gasteiger partial charge in [-0.3, -0.25) is 14.3 Å². The monoisotopic (exact) mass is 376 g/mol. The van der Waals surface area contributed by atoms with E-state index in [4.69, 9.17) is 5.11 Å². The first kappa shape index (κ1) is 19.4. The van der Waals surface area contributed by atoms with Crippen LogP contribution >= 0.6 is 0 Å². The lowest BCUT2D eigenvalue weighted by molar-refractivity contribution is -0.141. The minimum absolute atomic E-state index is 0.00536. The maximum atomic E-state index is 12.6. The summed E-state index contributed by atoms with van der Waals surface area (Å²) in [6, 6.07) is 0.102. The number of aromatic carboxylic acids is 1. The Morgan fingerprint density at radius 2 is 1.85 bits per heavy atom. The van der Waals surface area contributed by atoms with Crippen LogP contribution in [-0.4, -0.2) is 68.6 Å². The van der Waals surface area contributed by atoms with Crippen molar-refractivity contribution >= 4 is 17.8 Å². The van der Waals surface area contributed by atoms with Crippen LogP contribution in [0.1, 0.15) is 67.0 Å². The second-order valence-electron chi connectivity index (χ2n) is 7.48. The number of likely N-dealkylation sites (tertiary alicyclic amines) is 2. The Bertz CT molecular complexity index is 707. The molecule has 2 fully saturated rings. The number of carbonyl (C=O) groups excluding carboxylic acids is 2. The predicted molar refractivity (Wildman–Crippen MR) is 98.4 cm³/mol. The van der Waals surface area contributed by atoms with Gasteiger partial charge in [0.05, 0.1) is 24.5 Å². The molecule has 2 aliphatic rings. The van der Waals surface area contributed by atoms with Crippen molar-refractivity contribution in [3.8, 4) is 0 Å². The molecule has 1 aromatic rings. The molecule has 2 aliphatic heterocycles. The summed E-state index contributed by atoms with van der Waals surface area (Å²) in [5, 5.41) is 13.4. The third-order valence-electron chi connectivity index (χ3n) is 5.69. The van der Waals surface area contributed by atoms with Gasteiger partial charge in [0.25, 0.3) is 0 Å². The smallest absolute Gasteiger partial charge is 0.339 e. The van der Waals surface area contributed by atoms with Gasteiger partial charge in [0.1, 0.15) is 5.56 Å². The van der Waals surface area contributed by atoms with E-state index >= 15 is 0 Å². The zero-order chi connectivity index (χ0) is 19.4. The van der Waals surface area contributed by atoms with Crippen molar-refractivity contribution in [2.24, 2.45) is 0 Å². The Morgan fingerprint density at radius 1 is 1.15 bits per heavy atom. The summed E-state index contributed by atoms with van der Waals surface area (Å²) in [4.78, 5) is 39.6. The zero-order valence-electron chi connectivity index (χ0n) is 15.9. The molecular weight excluding hydrogens is 348 g/mol. The van der Waals surface area contributed by atoms with E-state index in [9.17, 15) is 14.4 Å². The van der Waals surface area contributed by atoms with Gasteiger partial charge in [0, 0.05) is 26.1 Å². The number of carbonyl (C=O) groups is 3. The Kier molecular flexibility index (Phi) is 6.13. The first-order chi connectivity index (χ1) is 13.0. The number of aromatic nitrogens is 2. The van der Waals surface area contributed by atoms with E-state index < -0.39 is 5.97 Å². The highest BCUT2D eigenvalue weighted by molar-refractivity contribution is 5.88. The first-order valence-corrected chi connectivity index (χ1v) is 9.80. The summed E-state index contributed by atoms with van der Waals surface area (Å²) in [6.07, 6.45) is 7.50. The normalized spacial score (nSPS) is 19.7. The molecule has 27 heavy (non-hydrogen) atoms. The van der Waals surface area contributed by atoms with Gasteiger partial charge >= 0.3 is 5.97 Å². The number of carboxylic acids is 1. The van der Waals surface area contributed by atoms with Crippen LogP contribution in [0.5, 0.6) is 0 Å². The molecule has 2 amide bonds. The molecule has 0 spiro atoms. The molecule has 0 radical (unpaired) electrons. The van der Waals surface area contributed by atoms with Gasteiger partial charge in [-0.15, -0.1) is 0 Å². The Labute approximate surface area is 159 Å². The van der Waals surface area contributed by atoms with Crippen LogP contribution in [0.3, 0.4) is 0 Å². The van der Waals surface area contributed by atoms with Crippen LogP contribution in [-0.2, 0) is 9.59 Å². The number of piperidine rings is 1. The number of carboxylic acid groups (broad SMARTS) is 1. The predicted octanol–water partition coefficient (Wildman–Crippen LogP) is 1.85. The Hall–Kier alpha value is -2.38. The van der Waals surface area contributed by atoms with Gasteiger partial charge in [-0.25, -0.2) is 4.79 Å². The highest BCUT2D eigenvalue weighted by Gasteiger charge is 2.28. The quantitative estimate of drug-likeness (QED) is 0.865. The van der Waals surface area contributed by atoms with E-state index in [0.29, 0.717) is 31.7 Å². The van der Waals surface area contributed by atoms with Gasteiger partial charge < -0.3 is 14.9 Å². The van der Waals surface area contributed by atoms with Crippen LogP contribution in [0.2, 0.25) is 0 Å². The van der Waals surface area contributed by atoms with Crippen LogP contribution in [0, 0.1) is 6.92 Å². The second kappa shape index (κ2) is 8.54. The number of hydrogen-bond acceptors (Lipinski definition) is 4. The SMILES string of the molecule is Cc1c(C(=O)O)cnn1C1CCN(C(=O)CN2CCCCCCC2=O)CC1. The number of rotatable bonds is 4. The van der Waals surface area contributed by atoms with Gasteiger partial charge in [0.2, 0.25) is 11.8 Å². The number of nitrogens with zero attached hydrogens (tertiary/aromatic N) is 4. The number of hydrogen-bond donors (Lipinski definition) is 1. The minimum atomic E-state index is -0.968. The zero-order valence-corrected chi connectivity index (χ0v) is 15.9. The molecule has 0 saturated carbocycles. The summed E-state index contributed by atoms with van der Waals surface area (Å²) in [5.74, 6) is -0.874. The van der Waals surface area contributed by atoms with Gasteiger partial charge in [0.15, 0.2) is 0 Å². The van der Waals surface area contributed by atoms with Crippen LogP contribution in [0.4, 0.5) is 0 Å². The first-order valence-electron chi connectivity index (χ1n) is 9.80. The molecule has 2 saturated heterocycles. The van der Waals surface area contributed by atoms with Crippen molar-refractivity contribution in [3.63, 3.8) is 0 Å².